The van der Waals surface area contributed by atoms with Crippen LogP contribution in [0.15, 0.2) is 66.9 Å². The van der Waals surface area contributed by atoms with Crippen LogP contribution in [-0.4, -0.2) is 12.0 Å². The summed E-state index contributed by atoms with van der Waals surface area (Å²) in [5.74, 6) is 0. The van der Waals surface area contributed by atoms with Crippen molar-refractivity contribution in [2.45, 2.75) is 6.04 Å². The van der Waals surface area contributed by atoms with Gasteiger partial charge in [-0.05, 0) is 36.4 Å². The largest absolute Gasteiger partial charge is 0.309 e. The molecule has 1 atom stereocenters. The fourth-order valence-corrected chi connectivity index (χ4v) is 2.44. The number of pyridine rings is 1. The van der Waals surface area contributed by atoms with E-state index in [9.17, 15) is 0 Å². The lowest BCUT2D eigenvalue weighted by Crippen LogP contribution is -2.17. The van der Waals surface area contributed by atoms with Crippen molar-refractivity contribution in [3.63, 3.8) is 0 Å². The molecule has 2 nitrogen and oxygen atoms in total. The number of nitrogens with one attached hydrogen (secondary N) is 1. The van der Waals surface area contributed by atoms with Gasteiger partial charge in [-0.1, -0.05) is 42.5 Å². The number of hydrogen-bond donors (Lipinski definition) is 1. The Morgan fingerprint density at radius 3 is 2.53 bits per heavy atom. The second kappa shape index (κ2) is 5.21. The molecular weight excluding hydrogens is 232 g/mol. The monoisotopic (exact) mass is 248 g/mol. The summed E-state index contributed by atoms with van der Waals surface area (Å²) in [5, 5.41) is 4.56. The molecule has 0 fully saturated rings. The molecule has 1 unspecified atom stereocenters. The molecule has 0 bridgehead atoms. The first kappa shape index (κ1) is 11.9. The molecule has 3 aromatic rings. The van der Waals surface area contributed by atoms with Gasteiger partial charge in [0, 0.05) is 11.6 Å². The van der Waals surface area contributed by atoms with Gasteiger partial charge < -0.3 is 5.32 Å². The lowest BCUT2D eigenvalue weighted by atomic mass is 9.97. The smallest absolute Gasteiger partial charge is 0.0702 e. The summed E-state index contributed by atoms with van der Waals surface area (Å²) in [6, 6.07) is 21.2. The minimum Gasteiger partial charge on any atom is -0.309 e. The quantitative estimate of drug-likeness (QED) is 0.766. The van der Waals surface area contributed by atoms with Crippen LogP contribution in [0.4, 0.5) is 0 Å². The lowest BCUT2D eigenvalue weighted by molar-refractivity contribution is 0.693. The summed E-state index contributed by atoms with van der Waals surface area (Å²) in [7, 11) is 1.99. The van der Waals surface area contributed by atoms with Crippen LogP contribution in [0.25, 0.3) is 10.9 Å². The molecule has 0 aliphatic rings. The molecule has 1 N–H and O–H groups in total. The van der Waals surface area contributed by atoms with Crippen LogP contribution >= 0.6 is 0 Å². The normalized spacial score (nSPS) is 12.5. The first-order valence-electron chi connectivity index (χ1n) is 6.45. The van der Waals surface area contributed by atoms with Crippen molar-refractivity contribution in [2.75, 3.05) is 7.05 Å². The van der Waals surface area contributed by atoms with E-state index in [1.807, 2.05) is 25.4 Å². The van der Waals surface area contributed by atoms with E-state index < -0.39 is 0 Å². The Labute approximate surface area is 113 Å². The SMILES string of the molecule is CNC(c1ccccc1)c1ccc2ncccc2c1. The Morgan fingerprint density at radius 2 is 1.74 bits per heavy atom. The third-order valence-electron chi connectivity index (χ3n) is 3.38. The Morgan fingerprint density at radius 1 is 0.895 bits per heavy atom. The Hall–Kier alpha value is -2.19. The molecule has 1 aromatic heterocycles. The molecule has 0 spiro atoms. The Balaban J connectivity index is 2.06. The predicted molar refractivity (Wildman–Crippen MR) is 79.1 cm³/mol. The average molecular weight is 248 g/mol. The third kappa shape index (κ3) is 2.35. The van der Waals surface area contributed by atoms with Crippen LogP contribution in [0.3, 0.4) is 0 Å². The number of nitrogens with zero attached hydrogens (tertiary/aromatic N) is 1. The zero-order valence-electron chi connectivity index (χ0n) is 10.9. The molecule has 0 aliphatic carbocycles. The summed E-state index contributed by atoms with van der Waals surface area (Å²) in [6.07, 6.45) is 1.83. The summed E-state index contributed by atoms with van der Waals surface area (Å²) in [5.41, 5.74) is 3.57. The van der Waals surface area contributed by atoms with Gasteiger partial charge in [-0.3, -0.25) is 4.98 Å². The summed E-state index contributed by atoms with van der Waals surface area (Å²) in [6.45, 7) is 0. The van der Waals surface area contributed by atoms with Crippen molar-refractivity contribution >= 4 is 10.9 Å². The van der Waals surface area contributed by atoms with Crippen molar-refractivity contribution in [1.82, 2.24) is 10.3 Å². The first-order valence-corrected chi connectivity index (χ1v) is 6.45. The van der Waals surface area contributed by atoms with Crippen molar-refractivity contribution < 1.29 is 0 Å². The highest BCUT2D eigenvalue weighted by atomic mass is 14.9. The maximum Gasteiger partial charge on any atom is 0.0702 e. The van der Waals surface area contributed by atoms with Crippen LogP contribution in [0.1, 0.15) is 17.2 Å². The number of hydrogen-bond acceptors (Lipinski definition) is 2. The number of benzene rings is 2. The fraction of sp³-hybridized carbons (Fsp3) is 0.118. The van der Waals surface area contributed by atoms with Crippen LogP contribution in [-0.2, 0) is 0 Å². The zero-order valence-corrected chi connectivity index (χ0v) is 10.9. The summed E-state index contributed by atoms with van der Waals surface area (Å²) in [4.78, 5) is 4.36. The Bertz CT molecular complexity index is 677. The van der Waals surface area contributed by atoms with Gasteiger partial charge in [0.15, 0.2) is 0 Å². The fourth-order valence-electron chi connectivity index (χ4n) is 2.44. The predicted octanol–water partition coefficient (Wildman–Crippen LogP) is 3.54. The molecule has 3 rings (SSSR count). The van der Waals surface area contributed by atoms with Gasteiger partial charge in [0.1, 0.15) is 0 Å². The minimum absolute atomic E-state index is 0.214. The highest BCUT2D eigenvalue weighted by Crippen LogP contribution is 2.24. The van der Waals surface area contributed by atoms with E-state index in [0.29, 0.717) is 0 Å². The van der Waals surface area contributed by atoms with Gasteiger partial charge in [-0.2, -0.15) is 0 Å². The molecular formula is C17H16N2. The summed E-state index contributed by atoms with van der Waals surface area (Å²) >= 11 is 0. The maximum atomic E-state index is 4.36. The van der Waals surface area contributed by atoms with Crippen LogP contribution in [0, 0.1) is 0 Å². The van der Waals surface area contributed by atoms with Crippen LogP contribution in [0.5, 0.6) is 0 Å². The van der Waals surface area contributed by atoms with Gasteiger partial charge >= 0.3 is 0 Å². The van der Waals surface area contributed by atoms with Crippen LogP contribution in [0.2, 0.25) is 0 Å². The lowest BCUT2D eigenvalue weighted by Gasteiger charge is -2.17. The topological polar surface area (TPSA) is 24.9 Å². The molecule has 0 amide bonds. The summed E-state index contributed by atoms with van der Waals surface area (Å²) < 4.78 is 0. The van der Waals surface area contributed by atoms with E-state index >= 15 is 0 Å². The van der Waals surface area contributed by atoms with Crippen LogP contribution < -0.4 is 5.32 Å². The van der Waals surface area contributed by atoms with E-state index in [-0.39, 0.29) is 6.04 Å². The van der Waals surface area contributed by atoms with Gasteiger partial charge in [0.2, 0.25) is 0 Å². The molecule has 0 saturated heterocycles. The van der Waals surface area contributed by atoms with E-state index in [0.717, 1.165) is 5.52 Å². The van der Waals surface area contributed by atoms with E-state index in [2.05, 4.69) is 58.8 Å². The highest BCUT2D eigenvalue weighted by Gasteiger charge is 2.11. The maximum absolute atomic E-state index is 4.36. The van der Waals surface area contributed by atoms with Crippen molar-refractivity contribution in [3.8, 4) is 0 Å². The number of rotatable bonds is 3. The van der Waals surface area contributed by atoms with E-state index in [1.165, 1.54) is 16.5 Å². The second-order valence-electron chi connectivity index (χ2n) is 4.59. The highest BCUT2D eigenvalue weighted by molar-refractivity contribution is 5.79. The minimum atomic E-state index is 0.214. The molecule has 19 heavy (non-hydrogen) atoms. The molecule has 2 heteroatoms. The van der Waals surface area contributed by atoms with Gasteiger partial charge in [-0.15, -0.1) is 0 Å². The van der Waals surface area contributed by atoms with Crippen molar-refractivity contribution in [3.05, 3.63) is 78.0 Å². The molecule has 2 aromatic carbocycles. The third-order valence-corrected chi connectivity index (χ3v) is 3.38. The number of fused-ring (bicyclic) bond motifs is 1. The molecule has 0 radical (unpaired) electrons. The Kier molecular flexibility index (Phi) is 3.25. The average Bonchev–Trinajstić information content (AvgIpc) is 2.49. The van der Waals surface area contributed by atoms with Crippen molar-refractivity contribution in [1.29, 1.82) is 0 Å². The molecule has 0 saturated carbocycles. The molecule has 1 heterocycles. The second-order valence-corrected chi connectivity index (χ2v) is 4.59. The molecule has 94 valence electrons. The molecule has 0 aliphatic heterocycles. The zero-order chi connectivity index (χ0) is 13.1. The number of aromatic nitrogens is 1. The van der Waals surface area contributed by atoms with Gasteiger partial charge in [-0.25, -0.2) is 0 Å². The van der Waals surface area contributed by atoms with E-state index in [1.54, 1.807) is 0 Å². The van der Waals surface area contributed by atoms with Crippen molar-refractivity contribution in [2.24, 2.45) is 0 Å². The van der Waals surface area contributed by atoms with Gasteiger partial charge in [0.25, 0.3) is 0 Å². The van der Waals surface area contributed by atoms with Gasteiger partial charge in [0.05, 0.1) is 11.6 Å². The standard InChI is InChI=1S/C17H16N2/c1-18-17(13-6-3-2-4-7-13)15-9-10-16-14(12-15)8-5-11-19-16/h2-12,17-18H,1H3. The first-order chi connectivity index (χ1) is 9.38. The van der Waals surface area contributed by atoms with E-state index in [4.69, 9.17) is 0 Å².